The second kappa shape index (κ2) is 7.89. The van der Waals surface area contributed by atoms with Gasteiger partial charge in [0.25, 0.3) is 0 Å². The highest BCUT2D eigenvalue weighted by Gasteiger charge is 2.31. The Morgan fingerprint density at radius 2 is 1.83 bits per heavy atom. The summed E-state index contributed by atoms with van der Waals surface area (Å²) in [6, 6.07) is 14.0. The van der Waals surface area contributed by atoms with Crippen molar-refractivity contribution in [3.63, 3.8) is 0 Å². The lowest BCUT2D eigenvalue weighted by Crippen LogP contribution is -2.55. The molecule has 156 valence electrons. The lowest BCUT2D eigenvalue weighted by molar-refractivity contribution is 0.0218. The first kappa shape index (κ1) is 20.1. The quantitative estimate of drug-likeness (QED) is 0.638. The van der Waals surface area contributed by atoms with E-state index in [1.807, 2.05) is 63.2 Å². The Morgan fingerprint density at radius 1 is 1.07 bits per heavy atom. The number of carbonyl (C=O) groups is 1. The van der Waals surface area contributed by atoms with Crippen LogP contribution in [0.3, 0.4) is 0 Å². The number of hydrogen-bond acceptors (Lipinski definition) is 6. The molecule has 3 heterocycles. The van der Waals surface area contributed by atoms with Crippen molar-refractivity contribution < 1.29 is 9.53 Å². The van der Waals surface area contributed by atoms with Gasteiger partial charge in [-0.3, -0.25) is 4.98 Å². The molecular formula is C23H27N5O2. The van der Waals surface area contributed by atoms with Gasteiger partial charge in [0, 0.05) is 42.8 Å². The van der Waals surface area contributed by atoms with E-state index in [0.29, 0.717) is 19.6 Å². The molecule has 1 atom stereocenters. The number of hydrogen-bond donors (Lipinski definition) is 0. The summed E-state index contributed by atoms with van der Waals surface area (Å²) in [5.41, 5.74) is 2.15. The highest BCUT2D eigenvalue weighted by molar-refractivity contribution is 5.97. The average Bonchev–Trinajstić information content (AvgIpc) is 2.72. The number of fused-ring (bicyclic) bond motifs is 1. The number of aromatic nitrogens is 3. The number of carbonyl (C=O) groups excluding carboxylic acids is 1. The molecule has 3 aromatic rings. The van der Waals surface area contributed by atoms with Crippen LogP contribution in [-0.4, -0.2) is 57.5 Å². The molecule has 1 aliphatic heterocycles. The van der Waals surface area contributed by atoms with Gasteiger partial charge in [0.2, 0.25) is 0 Å². The molecule has 1 amide bonds. The van der Waals surface area contributed by atoms with Crippen molar-refractivity contribution in [2.75, 3.05) is 24.5 Å². The molecule has 2 aromatic heterocycles. The van der Waals surface area contributed by atoms with E-state index in [1.54, 1.807) is 11.1 Å². The van der Waals surface area contributed by atoms with Crippen molar-refractivity contribution in [1.82, 2.24) is 20.1 Å². The smallest absolute Gasteiger partial charge is 0.410 e. The lowest BCUT2D eigenvalue weighted by Gasteiger charge is -2.40. The van der Waals surface area contributed by atoms with E-state index in [9.17, 15) is 4.79 Å². The maximum atomic E-state index is 12.5. The fourth-order valence-electron chi connectivity index (χ4n) is 3.74. The van der Waals surface area contributed by atoms with E-state index >= 15 is 0 Å². The molecule has 4 rings (SSSR count). The number of pyridine rings is 1. The standard InChI is InChI=1S/C23H27N5O2/c1-16-15-27(22(29)30-23(2,3)4)13-14-28(16)21-20-18(11-8-12-24-20)19(25-26-21)17-9-6-5-7-10-17/h5-12,16H,13-15H2,1-4H3. The molecule has 30 heavy (non-hydrogen) atoms. The van der Waals surface area contributed by atoms with Crippen LogP contribution in [0.5, 0.6) is 0 Å². The Balaban J connectivity index is 1.63. The third kappa shape index (κ3) is 4.06. The molecule has 0 saturated carbocycles. The van der Waals surface area contributed by atoms with Crippen LogP contribution in [0.1, 0.15) is 27.7 Å². The molecule has 1 saturated heterocycles. The second-order valence-corrected chi connectivity index (χ2v) is 8.61. The van der Waals surface area contributed by atoms with Gasteiger partial charge in [-0.15, -0.1) is 10.2 Å². The molecule has 7 nitrogen and oxygen atoms in total. The Labute approximate surface area is 176 Å². The van der Waals surface area contributed by atoms with Gasteiger partial charge in [-0.25, -0.2) is 4.79 Å². The maximum Gasteiger partial charge on any atom is 0.410 e. The fourth-order valence-corrected chi connectivity index (χ4v) is 3.74. The van der Waals surface area contributed by atoms with E-state index < -0.39 is 5.60 Å². The largest absolute Gasteiger partial charge is 0.444 e. The number of rotatable bonds is 2. The molecule has 0 N–H and O–H groups in total. The third-order valence-corrected chi connectivity index (χ3v) is 5.12. The lowest BCUT2D eigenvalue weighted by atomic mass is 10.1. The highest BCUT2D eigenvalue weighted by Crippen LogP contribution is 2.31. The Morgan fingerprint density at radius 3 is 2.53 bits per heavy atom. The molecule has 1 unspecified atom stereocenters. The highest BCUT2D eigenvalue weighted by atomic mass is 16.6. The van der Waals surface area contributed by atoms with Gasteiger partial charge in [-0.2, -0.15) is 0 Å². The SMILES string of the molecule is CC1CN(C(=O)OC(C)(C)C)CCN1c1nnc(-c2ccccc2)c2cccnc12. The molecular weight excluding hydrogens is 378 g/mol. The summed E-state index contributed by atoms with van der Waals surface area (Å²) < 4.78 is 5.53. The molecule has 0 bridgehead atoms. The second-order valence-electron chi connectivity index (χ2n) is 8.61. The summed E-state index contributed by atoms with van der Waals surface area (Å²) in [5.74, 6) is 0.751. The van der Waals surface area contributed by atoms with E-state index in [4.69, 9.17) is 4.74 Å². The van der Waals surface area contributed by atoms with E-state index in [0.717, 1.165) is 28.0 Å². The number of benzene rings is 1. The molecule has 0 aliphatic carbocycles. The zero-order valence-corrected chi connectivity index (χ0v) is 17.9. The Bertz CT molecular complexity index is 1050. The van der Waals surface area contributed by atoms with Crippen LogP contribution >= 0.6 is 0 Å². The number of nitrogens with zero attached hydrogens (tertiary/aromatic N) is 5. The fraction of sp³-hybridized carbons (Fsp3) is 0.391. The minimum absolute atomic E-state index is 0.0633. The van der Waals surface area contributed by atoms with Crippen LogP contribution in [0.4, 0.5) is 10.6 Å². The van der Waals surface area contributed by atoms with Gasteiger partial charge in [0.1, 0.15) is 16.8 Å². The summed E-state index contributed by atoms with van der Waals surface area (Å²) in [4.78, 5) is 21.0. The van der Waals surface area contributed by atoms with E-state index in [2.05, 4.69) is 27.0 Å². The zero-order chi connectivity index (χ0) is 21.3. The minimum Gasteiger partial charge on any atom is -0.444 e. The monoisotopic (exact) mass is 405 g/mol. The number of anilines is 1. The normalized spacial score (nSPS) is 17.3. The summed E-state index contributed by atoms with van der Waals surface area (Å²) in [6.45, 7) is 9.50. The average molecular weight is 406 g/mol. The Kier molecular flexibility index (Phi) is 5.28. The Hall–Kier alpha value is -3.22. The van der Waals surface area contributed by atoms with Crippen LogP contribution in [0, 0.1) is 0 Å². The van der Waals surface area contributed by atoms with Crippen LogP contribution < -0.4 is 4.90 Å². The molecule has 1 fully saturated rings. The van der Waals surface area contributed by atoms with Crippen molar-refractivity contribution in [3.8, 4) is 11.3 Å². The van der Waals surface area contributed by atoms with Crippen LogP contribution in [0.15, 0.2) is 48.7 Å². The minimum atomic E-state index is -0.504. The van der Waals surface area contributed by atoms with Crippen molar-refractivity contribution in [2.45, 2.75) is 39.3 Å². The van der Waals surface area contributed by atoms with Crippen molar-refractivity contribution in [2.24, 2.45) is 0 Å². The van der Waals surface area contributed by atoms with Gasteiger partial charge in [0.15, 0.2) is 5.82 Å². The predicted molar refractivity (Wildman–Crippen MR) is 117 cm³/mol. The third-order valence-electron chi connectivity index (χ3n) is 5.12. The molecule has 7 heteroatoms. The molecule has 0 spiro atoms. The topological polar surface area (TPSA) is 71.5 Å². The van der Waals surface area contributed by atoms with Gasteiger partial charge < -0.3 is 14.5 Å². The summed E-state index contributed by atoms with van der Waals surface area (Å²) in [5, 5.41) is 10.1. The zero-order valence-electron chi connectivity index (χ0n) is 17.9. The van der Waals surface area contributed by atoms with E-state index in [-0.39, 0.29) is 12.1 Å². The molecule has 1 aromatic carbocycles. The summed E-state index contributed by atoms with van der Waals surface area (Å²) in [6.07, 6.45) is 1.51. The van der Waals surface area contributed by atoms with Gasteiger partial charge >= 0.3 is 6.09 Å². The van der Waals surface area contributed by atoms with Gasteiger partial charge in [0.05, 0.1) is 0 Å². The van der Waals surface area contributed by atoms with Crippen LogP contribution in [0.2, 0.25) is 0 Å². The number of piperazine rings is 1. The number of amides is 1. The van der Waals surface area contributed by atoms with Gasteiger partial charge in [-0.1, -0.05) is 30.3 Å². The first-order valence-electron chi connectivity index (χ1n) is 10.2. The van der Waals surface area contributed by atoms with Gasteiger partial charge in [-0.05, 0) is 39.8 Å². The number of ether oxygens (including phenoxy) is 1. The predicted octanol–water partition coefficient (Wildman–Crippen LogP) is 4.14. The summed E-state index contributed by atoms with van der Waals surface area (Å²) >= 11 is 0. The van der Waals surface area contributed by atoms with Crippen LogP contribution in [-0.2, 0) is 4.74 Å². The summed E-state index contributed by atoms with van der Waals surface area (Å²) in [7, 11) is 0. The van der Waals surface area contributed by atoms with Crippen LogP contribution in [0.25, 0.3) is 22.2 Å². The molecule has 0 radical (unpaired) electrons. The maximum absolute atomic E-state index is 12.5. The van der Waals surface area contributed by atoms with Crippen molar-refractivity contribution >= 4 is 22.8 Å². The first-order valence-corrected chi connectivity index (χ1v) is 10.2. The first-order chi connectivity index (χ1) is 14.3. The van der Waals surface area contributed by atoms with Crippen molar-refractivity contribution in [1.29, 1.82) is 0 Å². The van der Waals surface area contributed by atoms with Crippen molar-refractivity contribution in [3.05, 3.63) is 48.7 Å². The molecule has 1 aliphatic rings. The van der Waals surface area contributed by atoms with E-state index in [1.165, 1.54) is 0 Å².